The summed E-state index contributed by atoms with van der Waals surface area (Å²) in [6.45, 7) is 8.30. The van der Waals surface area contributed by atoms with Gasteiger partial charge in [-0.15, -0.1) is 0 Å². The minimum atomic E-state index is 0.580. The van der Waals surface area contributed by atoms with Gasteiger partial charge >= 0.3 is 0 Å². The highest BCUT2D eigenvalue weighted by molar-refractivity contribution is 5.73. The van der Waals surface area contributed by atoms with Crippen molar-refractivity contribution in [2.45, 2.75) is 33.6 Å². The van der Waals surface area contributed by atoms with Crippen LogP contribution in [0, 0.1) is 6.92 Å². The number of methoxy groups -OCH3 is 1. The van der Waals surface area contributed by atoms with Gasteiger partial charge in [-0.05, 0) is 61.2 Å². The second-order valence-electron chi connectivity index (χ2n) is 6.25. The van der Waals surface area contributed by atoms with E-state index in [-0.39, 0.29) is 0 Å². The average Bonchev–Trinajstić information content (AvgIpc) is 2.65. The van der Waals surface area contributed by atoms with Crippen molar-refractivity contribution >= 4 is 6.08 Å². The van der Waals surface area contributed by atoms with Gasteiger partial charge in [-0.3, -0.25) is 0 Å². The van der Waals surface area contributed by atoms with Gasteiger partial charge < -0.3 is 14.2 Å². The maximum atomic E-state index is 5.80. The highest BCUT2D eigenvalue weighted by Crippen LogP contribution is 2.31. The van der Waals surface area contributed by atoms with Gasteiger partial charge in [0.15, 0.2) is 0 Å². The summed E-state index contributed by atoms with van der Waals surface area (Å²) in [6.07, 6.45) is 6.34. The Morgan fingerprint density at radius 1 is 1.00 bits per heavy atom. The molecule has 0 radical (unpaired) electrons. The molecule has 0 bridgehead atoms. The Kier molecular flexibility index (Phi) is 8.23. The number of hydrogen-bond donors (Lipinski definition) is 0. The van der Waals surface area contributed by atoms with Crippen molar-refractivity contribution in [2.75, 3.05) is 26.9 Å². The van der Waals surface area contributed by atoms with E-state index in [2.05, 4.69) is 44.2 Å². The molecule has 0 fully saturated rings. The van der Waals surface area contributed by atoms with Crippen LogP contribution in [0.25, 0.3) is 17.2 Å². The zero-order valence-electron chi connectivity index (χ0n) is 16.4. The third-order valence-corrected chi connectivity index (χ3v) is 4.22. The lowest BCUT2D eigenvalue weighted by atomic mass is 9.98. The average molecular weight is 354 g/mol. The molecule has 0 aliphatic heterocycles. The van der Waals surface area contributed by atoms with Crippen molar-refractivity contribution in [3.63, 3.8) is 0 Å². The van der Waals surface area contributed by atoms with Crippen LogP contribution in [-0.4, -0.2) is 26.9 Å². The first-order chi connectivity index (χ1) is 12.7. The van der Waals surface area contributed by atoms with E-state index in [1.165, 1.54) is 16.7 Å². The smallest absolute Gasteiger partial charge is 0.126 e. The first-order valence-corrected chi connectivity index (χ1v) is 9.32. The normalized spacial score (nSPS) is 11.1. The van der Waals surface area contributed by atoms with Crippen LogP contribution in [0.1, 0.15) is 37.8 Å². The fourth-order valence-corrected chi connectivity index (χ4v) is 2.83. The maximum Gasteiger partial charge on any atom is 0.126 e. The number of aryl methyl sites for hydroxylation is 1. The van der Waals surface area contributed by atoms with Crippen molar-refractivity contribution in [3.8, 4) is 22.6 Å². The first-order valence-electron chi connectivity index (χ1n) is 9.32. The van der Waals surface area contributed by atoms with Crippen LogP contribution in [0.5, 0.6) is 11.5 Å². The quantitative estimate of drug-likeness (QED) is 0.497. The molecule has 3 nitrogen and oxygen atoms in total. The summed E-state index contributed by atoms with van der Waals surface area (Å²) in [6, 6.07) is 12.5. The van der Waals surface area contributed by atoms with E-state index >= 15 is 0 Å². The molecule has 0 aliphatic carbocycles. The Bertz CT molecular complexity index is 719. The molecule has 0 N–H and O–H groups in total. The van der Waals surface area contributed by atoms with Crippen LogP contribution in [0.2, 0.25) is 0 Å². The van der Waals surface area contributed by atoms with Crippen molar-refractivity contribution < 1.29 is 14.2 Å². The molecule has 0 saturated carbocycles. The van der Waals surface area contributed by atoms with Gasteiger partial charge in [-0.1, -0.05) is 37.6 Å². The summed E-state index contributed by atoms with van der Waals surface area (Å²) in [5.74, 6) is 1.76. The van der Waals surface area contributed by atoms with E-state index in [4.69, 9.17) is 14.2 Å². The summed E-state index contributed by atoms with van der Waals surface area (Å²) >= 11 is 0. The van der Waals surface area contributed by atoms with Crippen LogP contribution in [0.3, 0.4) is 0 Å². The lowest BCUT2D eigenvalue weighted by molar-refractivity contribution is 0.0980. The second-order valence-corrected chi connectivity index (χ2v) is 6.25. The van der Waals surface area contributed by atoms with Crippen molar-refractivity contribution in [1.82, 2.24) is 0 Å². The molecule has 0 heterocycles. The molecule has 2 rings (SSSR count). The van der Waals surface area contributed by atoms with Gasteiger partial charge in [0.1, 0.15) is 18.1 Å². The number of ether oxygens (including phenoxy) is 3. The highest BCUT2D eigenvalue weighted by Gasteiger charge is 2.07. The Morgan fingerprint density at radius 2 is 1.85 bits per heavy atom. The summed E-state index contributed by atoms with van der Waals surface area (Å²) in [5, 5.41) is 0. The minimum Gasteiger partial charge on any atom is -0.496 e. The molecular formula is C23H30O3. The monoisotopic (exact) mass is 354 g/mol. The Labute approximate surface area is 157 Å². The summed E-state index contributed by atoms with van der Waals surface area (Å²) in [7, 11) is 1.70. The van der Waals surface area contributed by atoms with Gasteiger partial charge in [0.05, 0.1) is 13.7 Å². The third kappa shape index (κ3) is 5.63. The molecule has 0 saturated heterocycles. The molecule has 2 aromatic carbocycles. The van der Waals surface area contributed by atoms with E-state index in [1.54, 1.807) is 7.11 Å². The predicted molar refractivity (Wildman–Crippen MR) is 109 cm³/mol. The van der Waals surface area contributed by atoms with E-state index in [0.29, 0.717) is 13.2 Å². The lowest BCUT2D eigenvalue weighted by Gasteiger charge is -2.12. The van der Waals surface area contributed by atoms with Gasteiger partial charge in [-0.25, -0.2) is 0 Å². The number of rotatable bonds is 10. The van der Waals surface area contributed by atoms with E-state index in [9.17, 15) is 0 Å². The predicted octanol–water partition coefficient (Wildman–Crippen LogP) is 5.90. The summed E-state index contributed by atoms with van der Waals surface area (Å²) in [4.78, 5) is 0. The molecule has 0 unspecified atom stereocenters. The van der Waals surface area contributed by atoms with Gasteiger partial charge in [0.25, 0.3) is 0 Å². The molecule has 0 amide bonds. The van der Waals surface area contributed by atoms with Crippen LogP contribution >= 0.6 is 0 Å². The molecular weight excluding hydrogens is 324 g/mol. The molecule has 0 spiro atoms. The third-order valence-electron chi connectivity index (χ3n) is 4.22. The molecule has 2 aromatic rings. The second kappa shape index (κ2) is 10.7. The maximum absolute atomic E-state index is 5.80. The molecule has 0 atom stereocenters. The first kappa shape index (κ1) is 20.1. The number of hydrogen-bond acceptors (Lipinski definition) is 3. The largest absolute Gasteiger partial charge is 0.496 e. The topological polar surface area (TPSA) is 27.7 Å². The Balaban J connectivity index is 2.06. The molecule has 0 aromatic heterocycles. The van der Waals surface area contributed by atoms with Gasteiger partial charge in [-0.2, -0.15) is 0 Å². The highest BCUT2D eigenvalue weighted by atomic mass is 16.5. The number of benzene rings is 2. The number of unbranched alkanes of at least 4 members (excludes halogenated alkanes) is 1. The Morgan fingerprint density at radius 3 is 2.54 bits per heavy atom. The molecule has 26 heavy (non-hydrogen) atoms. The minimum absolute atomic E-state index is 0.580. The molecule has 140 valence electrons. The van der Waals surface area contributed by atoms with Crippen molar-refractivity contribution in [2.24, 2.45) is 0 Å². The standard InChI is InChI=1S/C23H30O3/c1-5-7-13-25-14-15-26-21-10-11-22(18(3)16-21)19-9-12-23(24-4)20(17-19)8-6-2/h6,8-12,16-17H,5,7,13-15H2,1-4H3/b8-6+. The van der Waals surface area contributed by atoms with Gasteiger partial charge in [0.2, 0.25) is 0 Å². The van der Waals surface area contributed by atoms with Crippen molar-refractivity contribution in [1.29, 1.82) is 0 Å². The van der Waals surface area contributed by atoms with Crippen molar-refractivity contribution in [3.05, 3.63) is 53.6 Å². The summed E-state index contributed by atoms with van der Waals surface area (Å²) < 4.78 is 16.8. The van der Waals surface area contributed by atoms with E-state index in [0.717, 1.165) is 36.5 Å². The zero-order valence-corrected chi connectivity index (χ0v) is 16.4. The van der Waals surface area contributed by atoms with E-state index in [1.807, 2.05) is 25.1 Å². The molecule has 0 aliphatic rings. The SMILES string of the molecule is C/C=C/c1cc(-c2ccc(OCCOCCCC)cc2C)ccc1OC. The lowest BCUT2D eigenvalue weighted by Crippen LogP contribution is -2.07. The van der Waals surface area contributed by atoms with Gasteiger partial charge in [0, 0.05) is 12.2 Å². The summed E-state index contributed by atoms with van der Waals surface area (Å²) in [5.41, 5.74) is 4.64. The van der Waals surface area contributed by atoms with Crippen LogP contribution < -0.4 is 9.47 Å². The Hall–Kier alpha value is -2.26. The zero-order chi connectivity index (χ0) is 18.8. The van der Waals surface area contributed by atoms with E-state index < -0.39 is 0 Å². The van der Waals surface area contributed by atoms with Crippen LogP contribution in [0.15, 0.2) is 42.5 Å². The fraction of sp³-hybridized carbons (Fsp3) is 0.391. The van der Waals surface area contributed by atoms with Crippen LogP contribution in [0.4, 0.5) is 0 Å². The fourth-order valence-electron chi connectivity index (χ4n) is 2.83. The molecule has 3 heteroatoms. The van der Waals surface area contributed by atoms with Crippen LogP contribution in [-0.2, 0) is 4.74 Å². The number of allylic oxidation sites excluding steroid dienone is 1.